The van der Waals surface area contributed by atoms with Crippen LogP contribution < -0.4 is 10.1 Å². The van der Waals surface area contributed by atoms with E-state index in [9.17, 15) is 8.78 Å². The van der Waals surface area contributed by atoms with Gasteiger partial charge in [-0.3, -0.25) is 0 Å². The van der Waals surface area contributed by atoms with E-state index < -0.39 is 11.6 Å². The Hall–Kier alpha value is -2.24. The first-order valence-electron chi connectivity index (χ1n) is 6.75. The molecule has 0 bridgehead atoms. The first-order chi connectivity index (χ1) is 10.0. The number of hydrogen-bond acceptors (Lipinski definition) is 4. The van der Waals surface area contributed by atoms with E-state index in [1.54, 1.807) is 0 Å². The molecule has 0 amide bonds. The summed E-state index contributed by atoms with van der Waals surface area (Å²) >= 11 is 0. The summed E-state index contributed by atoms with van der Waals surface area (Å²) in [5, 5.41) is 3.11. The number of nitrogens with zero attached hydrogens (tertiary/aromatic N) is 2. The first kappa shape index (κ1) is 15.2. The summed E-state index contributed by atoms with van der Waals surface area (Å²) in [7, 11) is 0. The lowest BCUT2D eigenvalue weighted by molar-refractivity contribution is 0.399. The van der Waals surface area contributed by atoms with Crippen molar-refractivity contribution in [2.75, 3.05) is 11.9 Å². The van der Waals surface area contributed by atoms with Gasteiger partial charge in [0.2, 0.25) is 11.7 Å². The van der Waals surface area contributed by atoms with Gasteiger partial charge >= 0.3 is 0 Å². The highest BCUT2D eigenvalue weighted by atomic mass is 19.2. The minimum Gasteiger partial charge on any atom is -0.435 e. The maximum Gasteiger partial charge on any atom is 0.228 e. The van der Waals surface area contributed by atoms with Gasteiger partial charge in [-0.15, -0.1) is 0 Å². The second-order valence-electron chi connectivity index (χ2n) is 4.78. The van der Waals surface area contributed by atoms with Gasteiger partial charge < -0.3 is 10.1 Å². The van der Waals surface area contributed by atoms with E-state index in [1.807, 2.05) is 20.8 Å². The minimum absolute atomic E-state index is 0.0619. The Labute approximate surface area is 122 Å². The molecule has 0 fully saturated rings. The molecule has 2 rings (SSSR count). The van der Waals surface area contributed by atoms with Crippen LogP contribution in [0.15, 0.2) is 24.5 Å². The van der Waals surface area contributed by atoms with Crippen LogP contribution in [-0.4, -0.2) is 16.5 Å². The number of rotatable bonds is 5. The zero-order chi connectivity index (χ0) is 15.4. The number of nitrogens with one attached hydrogen (secondary N) is 1. The van der Waals surface area contributed by atoms with Gasteiger partial charge in [0, 0.05) is 6.54 Å². The summed E-state index contributed by atoms with van der Waals surface area (Å²) in [6.45, 7) is 6.53. The van der Waals surface area contributed by atoms with E-state index >= 15 is 0 Å². The van der Waals surface area contributed by atoms with Crippen LogP contribution in [0.1, 0.15) is 32.3 Å². The third-order valence-corrected chi connectivity index (χ3v) is 2.89. The van der Waals surface area contributed by atoms with E-state index in [0.29, 0.717) is 12.4 Å². The summed E-state index contributed by atoms with van der Waals surface area (Å²) < 4.78 is 32.4. The zero-order valence-electron chi connectivity index (χ0n) is 12.2. The highest BCUT2D eigenvalue weighted by Crippen LogP contribution is 2.34. The molecule has 6 heteroatoms. The second-order valence-corrected chi connectivity index (χ2v) is 4.78. The molecular formula is C15H17F2N3O. The van der Waals surface area contributed by atoms with Gasteiger partial charge in [-0.2, -0.15) is 4.39 Å². The standard InChI is InChI=1S/C15H17F2N3O/c1-4-18-14-12(9(2)3)15(20-8-19-14)21-11-7-5-6-10(16)13(11)17/h5-9H,4H2,1-3H3,(H,18,19,20). The second kappa shape index (κ2) is 6.47. The molecule has 2 aromatic rings. The van der Waals surface area contributed by atoms with Crippen molar-refractivity contribution >= 4 is 5.82 Å². The van der Waals surface area contributed by atoms with Gasteiger partial charge in [0.1, 0.15) is 12.1 Å². The number of ether oxygens (including phenoxy) is 1. The van der Waals surface area contributed by atoms with Crippen LogP contribution in [0.25, 0.3) is 0 Å². The molecule has 0 radical (unpaired) electrons. The summed E-state index contributed by atoms with van der Waals surface area (Å²) in [6.07, 6.45) is 1.33. The molecule has 4 nitrogen and oxygen atoms in total. The average molecular weight is 293 g/mol. The summed E-state index contributed by atoms with van der Waals surface area (Å²) in [5.74, 6) is -1.27. The lowest BCUT2D eigenvalue weighted by Gasteiger charge is -2.16. The number of hydrogen-bond donors (Lipinski definition) is 1. The summed E-state index contributed by atoms with van der Waals surface area (Å²) in [4.78, 5) is 8.21. The van der Waals surface area contributed by atoms with Gasteiger partial charge in [0.05, 0.1) is 5.56 Å². The molecule has 0 atom stereocenters. The molecule has 0 saturated heterocycles. The van der Waals surface area contributed by atoms with Crippen LogP contribution >= 0.6 is 0 Å². The highest BCUT2D eigenvalue weighted by Gasteiger charge is 2.18. The molecule has 21 heavy (non-hydrogen) atoms. The molecule has 0 aliphatic carbocycles. The normalized spacial score (nSPS) is 10.8. The van der Waals surface area contributed by atoms with E-state index in [0.717, 1.165) is 11.6 Å². The molecule has 0 spiro atoms. The molecule has 1 heterocycles. The van der Waals surface area contributed by atoms with E-state index in [-0.39, 0.29) is 17.5 Å². The van der Waals surface area contributed by atoms with Gasteiger partial charge in [-0.25, -0.2) is 14.4 Å². The fourth-order valence-electron chi connectivity index (χ4n) is 1.96. The summed E-state index contributed by atoms with van der Waals surface area (Å²) in [6, 6.07) is 3.78. The number of aromatic nitrogens is 2. The van der Waals surface area contributed by atoms with Crippen molar-refractivity contribution in [2.45, 2.75) is 26.7 Å². The van der Waals surface area contributed by atoms with Crippen molar-refractivity contribution in [1.82, 2.24) is 9.97 Å². The quantitative estimate of drug-likeness (QED) is 0.901. The SMILES string of the molecule is CCNc1ncnc(Oc2cccc(F)c2F)c1C(C)C. The molecule has 0 aliphatic rings. The van der Waals surface area contributed by atoms with Crippen molar-refractivity contribution in [1.29, 1.82) is 0 Å². The fraction of sp³-hybridized carbons (Fsp3) is 0.333. The molecular weight excluding hydrogens is 276 g/mol. The van der Waals surface area contributed by atoms with E-state index in [4.69, 9.17) is 4.74 Å². The van der Waals surface area contributed by atoms with Crippen LogP contribution in [0.3, 0.4) is 0 Å². The Morgan fingerprint density at radius 1 is 1.24 bits per heavy atom. The van der Waals surface area contributed by atoms with Gasteiger partial charge in [0.25, 0.3) is 0 Å². The maximum absolute atomic E-state index is 13.7. The Morgan fingerprint density at radius 3 is 2.67 bits per heavy atom. The Bertz CT molecular complexity index is 632. The fourth-order valence-corrected chi connectivity index (χ4v) is 1.96. The van der Waals surface area contributed by atoms with Crippen LogP contribution in [0.2, 0.25) is 0 Å². The molecule has 112 valence electrons. The maximum atomic E-state index is 13.7. The van der Waals surface area contributed by atoms with Crippen molar-refractivity contribution < 1.29 is 13.5 Å². The van der Waals surface area contributed by atoms with Crippen molar-refractivity contribution in [3.63, 3.8) is 0 Å². The lowest BCUT2D eigenvalue weighted by atomic mass is 10.1. The molecule has 1 N–H and O–H groups in total. The molecule has 0 saturated carbocycles. The van der Waals surface area contributed by atoms with Gasteiger partial charge in [0.15, 0.2) is 11.6 Å². The Kier molecular flexibility index (Phi) is 4.67. The predicted molar refractivity (Wildman–Crippen MR) is 76.7 cm³/mol. The molecule has 0 unspecified atom stereocenters. The zero-order valence-corrected chi connectivity index (χ0v) is 12.2. The predicted octanol–water partition coefficient (Wildman–Crippen LogP) is 4.10. The van der Waals surface area contributed by atoms with Gasteiger partial charge in [-0.1, -0.05) is 19.9 Å². The number of benzene rings is 1. The number of anilines is 1. The van der Waals surface area contributed by atoms with Crippen molar-refractivity contribution in [3.8, 4) is 11.6 Å². The highest BCUT2D eigenvalue weighted by molar-refractivity contribution is 5.51. The average Bonchev–Trinajstić information content (AvgIpc) is 2.44. The van der Waals surface area contributed by atoms with Crippen molar-refractivity contribution in [3.05, 3.63) is 41.7 Å². The molecule has 1 aromatic heterocycles. The van der Waals surface area contributed by atoms with E-state index in [1.165, 1.54) is 18.5 Å². The Balaban J connectivity index is 2.44. The summed E-state index contributed by atoms with van der Waals surface area (Å²) in [5.41, 5.74) is 0.725. The smallest absolute Gasteiger partial charge is 0.228 e. The molecule has 0 aliphatic heterocycles. The first-order valence-corrected chi connectivity index (χ1v) is 6.75. The number of halogens is 2. The van der Waals surface area contributed by atoms with E-state index in [2.05, 4.69) is 15.3 Å². The molecule has 1 aromatic carbocycles. The van der Waals surface area contributed by atoms with Gasteiger partial charge in [-0.05, 0) is 25.0 Å². The third kappa shape index (κ3) is 3.26. The van der Waals surface area contributed by atoms with Crippen LogP contribution in [0.5, 0.6) is 11.6 Å². The van der Waals surface area contributed by atoms with Crippen LogP contribution in [-0.2, 0) is 0 Å². The Morgan fingerprint density at radius 2 is 2.00 bits per heavy atom. The van der Waals surface area contributed by atoms with Crippen LogP contribution in [0, 0.1) is 11.6 Å². The third-order valence-electron chi connectivity index (χ3n) is 2.89. The topological polar surface area (TPSA) is 47.0 Å². The van der Waals surface area contributed by atoms with Crippen LogP contribution in [0.4, 0.5) is 14.6 Å². The lowest BCUT2D eigenvalue weighted by Crippen LogP contribution is -2.08. The van der Waals surface area contributed by atoms with Crippen molar-refractivity contribution in [2.24, 2.45) is 0 Å². The largest absolute Gasteiger partial charge is 0.435 e. The monoisotopic (exact) mass is 293 g/mol. The minimum atomic E-state index is -1.03.